The van der Waals surface area contributed by atoms with Crippen molar-refractivity contribution in [3.8, 4) is 0 Å². The van der Waals surface area contributed by atoms with Crippen LogP contribution in [0.2, 0.25) is 0 Å². The first-order chi connectivity index (χ1) is 13.7. The minimum absolute atomic E-state index is 0.102. The molecule has 2 spiro atoms. The van der Waals surface area contributed by atoms with E-state index in [-0.39, 0.29) is 34.1 Å². The van der Waals surface area contributed by atoms with Crippen molar-refractivity contribution in [3.63, 3.8) is 0 Å². The second-order valence-electron chi connectivity index (χ2n) is 10.8. The molecule has 1 saturated heterocycles. The Morgan fingerprint density at radius 1 is 1.10 bits per heavy atom. The molecule has 5 fully saturated rings. The van der Waals surface area contributed by atoms with Crippen LogP contribution in [0.5, 0.6) is 0 Å². The van der Waals surface area contributed by atoms with Crippen LogP contribution in [0, 0.1) is 33.5 Å². The van der Waals surface area contributed by atoms with Crippen LogP contribution in [0.25, 0.3) is 0 Å². The lowest BCUT2D eigenvalue weighted by molar-refractivity contribution is -0.243. The monoisotopic (exact) mass is 406 g/mol. The van der Waals surface area contributed by atoms with Crippen molar-refractivity contribution in [1.82, 2.24) is 0 Å². The Balaban J connectivity index is 1.54. The van der Waals surface area contributed by atoms with E-state index in [0.717, 1.165) is 38.5 Å². The Bertz CT molecular complexity index is 731. The molecule has 7 atom stereocenters. The van der Waals surface area contributed by atoms with Gasteiger partial charge in [-0.2, -0.15) is 0 Å². The maximum Gasteiger partial charge on any atom is 0.309 e. The van der Waals surface area contributed by atoms with Gasteiger partial charge in [-0.15, -0.1) is 0 Å². The summed E-state index contributed by atoms with van der Waals surface area (Å²) in [7, 11) is 1.42. The van der Waals surface area contributed by atoms with Crippen LogP contribution in [-0.4, -0.2) is 49.6 Å². The summed E-state index contributed by atoms with van der Waals surface area (Å²) in [4.78, 5) is 25.5. The second-order valence-corrected chi connectivity index (χ2v) is 10.8. The van der Waals surface area contributed by atoms with Crippen LogP contribution in [0.3, 0.4) is 0 Å². The molecule has 0 aromatic rings. The molecule has 6 heteroatoms. The summed E-state index contributed by atoms with van der Waals surface area (Å²) in [6.45, 7) is 5.70. The van der Waals surface area contributed by atoms with Gasteiger partial charge in [0, 0.05) is 17.3 Å². The van der Waals surface area contributed by atoms with Crippen molar-refractivity contribution in [2.24, 2.45) is 33.5 Å². The van der Waals surface area contributed by atoms with E-state index in [1.54, 1.807) is 0 Å². The van der Waals surface area contributed by atoms with Crippen molar-refractivity contribution < 1.29 is 28.9 Å². The quantitative estimate of drug-likeness (QED) is 0.573. The first-order valence-electron chi connectivity index (χ1n) is 11.2. The predicted molar refractivity (Wildman–Crippen MR) is 104 cm³/mol. The largest absolute Gasteiger partial charge is 0.469 e. The molecule has 1 aliphatic heterocycles. The highest BCUT2D eigenvalue weighted by Crippen LogP contribution is 2.88. The minimum Gasteiger partial charge on any atom is -0.469 e. The van der Waals surface area contributed by atoms with Crippen molar-refractivity contribution in [2.45, 2.75) is 77.1 Å². The Morgan fingerprint density at radius 2 is 1.83 bits per heavy atom. The summed E-state index contributed by atoms with van der Waals surface area (Å²) in [6.07, 6.45) is 7.08. The second kappa shape index (κ2) is 6.04. The van der Waals surface area contributed by atoms with Gasteiger partial charge in [-0.3, -0.25) is 4.79 Å². The molecule has 6 nitrogen and oxygen atoms in total. The number of hydrogen-bond donors (Lipinski definition) is 1. The molecule has 162 valence electrons. The predicted octanol–water partition coefficient (Wildman–Crippen LogP) is 2.86. The first-order valence-corrected chi connectivity index (χ1v) is 11.2. The molecule has 0 amide bonds. The highest BCUT2D eigenvalue weighted by atomic mass is 16.7. The zero-order valence-corrected chi connectivity index (χ0v) is 17.9. The number of methoxy groups -OCH3 is 1. The number of esters is 1. The van der Waals surface area contributed by atoms with E-state index in [2.05, 4.69) is 13.8 Å². The van der Waals surface area contributed by atoms with Crippen LogP contribution in [0.1, 0.15) is 65.2 Å². The van der Waals surface area contributed by atoms with Crippen LogP contribution in [0.15, 0.2) is 0 Å². The van der Waals surface area contributed by atoms with E-state index in [9.17, 15) is 14.7 Å². The van der Waals surface area contributed by atoms with Crippen LogP contribution >= 0.6 is 0 Å². The lowest BCUT2D eigenvalue weighted by atomic mass is 9.49. The average molecular weight is 407 g/mol. The third-order valence-corrected chi connectivity index (χ3v) is 10.3. The summed E-state index contributed by atoms with van der Waals surface area (Å²) >= 11 is 0. The van der Waals surface area contributed by atoms with Crippen molar-refractivity contribution in [2.75, 3.05) is 20.3 Å². The third-order valence-electron chi connectivity index (χ3n) is 10.3. The fourth-order valence-electron chi connectivity index (χ4n) is 8.66. The summed E-state index contributed by atoms with van der Waals surface area (Å²) in [5.41, 5.74) is -1.04. The van der Waals surface area contributed by atoms with Gasteiger partial charge in [0.25, 0.3) is 0 Å². The van der Waals surface area contributed by atoms with Gasteiger partial charge in [0.05, 0.1) is 32.3 Å². The molecular formula is C23H34O6. The molecular weight excluding hydrogens is 372 g/mol. The van der Waals surface area contributed by atoms with Gasteiger partial charge in [-0.1, -0.05) is 13.8 Å². The number of carbonyl (C=O) groups is 2. The van der Waals surface area contributed by atoms with E-state index in [1.165, 1.54) is 13.4 Å². The minimum atomic E-state index is -0.547. The smallest absolute Gasteiger partial charge is 0.309 e. The summed E-state index contributed by atoms with van der Waals surface area (Å²) < 4.78 is 17.6. The molecule has 1 unspecified atom stereocenters. The summed E-state index contributed by atoms with van der Waals surface area (Å²) in [6, 6.07) is 0. The third kappa shape index (κ3) is 2.13. The molecule has 4 saturated carbocycles. The molecule has 4 aliphatic carbocycles. The lowest BCUT2D eigenvalue weighted by Crippen LogP contribution is -2.56. The van der Waals surface area contributed by atoms with E-state index in [1.807, 2.05) is 0 Å². The molecule has 0 radical (unpaired) electrons. The summed E-state index contributed by atoms with van der Waals surface area (Å²) in [5, 5.41) is 10.3. The molecule has 1 heterocycles. The van der Waals surface area contributed by atoms with Crippen molar-refractivity contribution in [1.29, 1.82) is 0 Å². The molecule has 5 rings (SSSR count). The Hall–Kier alpha value is -0.980. The number of ether oxygens (including phenoxy) is 3. The summed E-state index contributed by atoms with van der Waals surface area (Å²) in [5.74, 6) is -1.04. The number of aliphatic hydroxyl groups is 1. The van der Waals surface area contributed by atoms with Crippen molar-refractivity contribution >= 4 is 12.3 Å². The Labute approximate surface area is 172 Å². The maximum atomic E-state index is 12.8. The van der Waals surface area contributed by atoms with Crippen LogP contribution in [-0.2, 0) is 23.8 Å². The van der Waals surface area contributed by atoms with Crippen LogP contribution < -0.4 is 0 Å². The molecule has 5 aliphatic rings. The van der Waals surface area contributed by atoms with Gasteiger partial charge in [0.1, 0.15) is 6.29 Å². The van der Waals surface area contributed by atoms with Gasteiger partial charge in [-0.25, -0.2) is 0 Å². The van der Waals surface area contributed by atoms with E-state index in [4.69, 9.17) is 14.2 Å². The number of rotatable bonds is 3. The van der Waals surface area contributed by atoms with Gasteiger partial charge in [0.2, 0.25) is 0 Å². The number of fused-ring (bicyclic) bond motifs is 1. The van der Waals surface area contributed by atoms with Crippen molar-refractivity contribution in [3.05, 3.63) is 0 Å². The normalized spacial score (nSPS) is 52.6. The molecule has 1 N–H and O–H groups in total. The molecule has 0 aromatic heterocycles. The number of aliphatic hydroxyl groups excluding tert-OH is 1. The topological polar surface area (TPSA) is 82.1 Å². The zero-order valence-electron chi connectivity index (χ0n) is 17.9. The molecule has 29 heavy (non-hydrogen) atoms. The van der Waals surface area contributed by atoms with Crippen LogP contribution in [0.4, 0.5) is 0 Å². The van der Waals surface area contributed by atoms with E-state index < -0.39 is 17.3 Å². The van der Waals surface area contributed by atoms with Gasteiger partial charge in [0.15, 0.2) is 5.79 Å². The van der Waals surface area contributed by atoms with Gasteiger partial charge in [-0.05, 0) is 61.7 Å². The molecule has 0 bridgehead atoms. The van der Waals surface area contributed by atoms with E-state index >= 15 is 0 Å². The standard InChI is InChI=1S/C23H34O6/c1-19(6-4-15(25)12-16(19)18(26)27-3)17-5-7-20(2)22(13-21(17,22)14-24)8-9-23(20)28-10-11-29-23/h14-17,25H,4-13H2,1-3H3/t15-,16+,17+,19-,20-,21?,22-/m0/s1. The average Bonchev–Trinajstić information content (AvgIpc) is 3.05. The number of aldehydes is 1. The van der Waals surface area contributed by atoms with Gasteiger partial charge >= 0.3 is 5.97 Å². The first kappa shape index (κ1) is 20.0. The maximum absolute atomic E-state index is 12.8. The highest BCUT2D eigenvalue weighted by molar-refractivity contribution is 5.75. The zero-order chi connectivity index (χ0) is 20.7. The van der Waals surface area contributed by atoms with Gasteiger partial charge < -0.3 is 24.1 Å². The SMILES string of the molecule is COC(=O)[C@H]1C[C@@H](O)CC[C@]1(C)[C@H]1CC[C@]2(C)C3(CC[C@]24CC14C=O)OCCO3. The fraction of sp³-hybridized carbons (Fsp3) is 0.913. The fourth-order valence-corrected chi connectivity index (χ4v) is 8.66. The lowest BCUT2D eigenvalue weighted by Gasteiger charge is -2.55. The number of hydrogen-bond acceptors (Lipinski definition) is 6. The number of carbonyl (C=O) groups excluding carboxylic acids is 2. The highest BCUT2D eigenvalue weighted by Gasteiger charge is 2.87. The molecule has 0 aromatic carbocycles. The van der Waals surface area contributed by atoms with E-state index in [0.29, 0.717) is 26.1 Å². The Kier molecular flexibility index (Phi) is 4.16. The Morgan fingerprint density at radius 3 is 2.48 bits per heavy atom.